The molecule has 2 heterocycles. The number of aliphatic hydroxyl groups is 1. The summed E-state index contributed by atoms with van der Waals surface area (Å²) in [5.74, 6) is -1.53. The summed E-state index contributed by atoms with van der Waals surface area (Å²) in [7, 11) is -2.14. The third-order valence-electron chi connectivity index (χ3n) is 5.95. The SMILES string of the molecule is C=CC1(O)O[C@@H]2CC(OCc3ccccc3)O[C@@H]2[C@H]1O[Si](C)(C)C(C)(C)C. The van der Waals surface area contributed by atoms with Gasteiger partial charge >= 0.3 is 0 Å². The predicted molar refractivity (Wildman–Crippen MR) is 107 cm³/mol. The molecule has 5 nitrogen and oxygen atoms in total. The van der Waals surface area contributed by atoms with E-state index in [4.69, 9.17) is 18.6 Å². The highest BCUT2D eigenvalue weighted by Gasteiger charge is 2.60. The van der Waals surface area contributed by atoms with Crippen molar-refractivity contribution >= 4 is 8.32 Å². The Balaban J connectivity index is 1.69. The molecule has 2 unspecified atom stereocenters. The Morgan fingerprint density at radius 1 is 1.30 bits per heavy atom. The van der Waals surface area contributed by atoms with Gasteiger partial charge in [0.05, 0.1) is 12.7 Å². The van der Waals surface area contributed by atoms with E-state index in [9.17, 15) is 5.11 Å². The van der Waals surface area contributed by atoms with Gasteiger partial charge in [-0.15, -0.1) is 0 Å². The maximum atomic E-state index is 10.9. The highest BCUT2D eigenvalue weighted by molar-refractivity contribution is 6.74. The van der Waals surface area contributed by atoms with Crippen molar-refractivity contribution in [2.24, 2.45) is 0 Å². The van der Waals surface area contributed by atoms with Crippen molar-refractivity contribution < 1.29 is 23.7 Å². The normalized spacial score (nSPS) is 33.9. The summed E-state index contributed by atoms with van der Waals surface area (Å²) in [6, 6.07) is 9.99. The van der Waals surface area contributed by atoms with E-state index in [1.165, 1.54) is 6.08 Å². The number of hydrogen-bond acceptors (Lipinski definition) is 5. The Kier molecular flexibility index (Phi) is 5.69. The third-order valence-corrected chi connectivity index (χ3v) is 10.4. The van der Waals surface area contributed by atoms with Crippen LogP contribution in [0.2, 0.25) is 18.1 Å². The van der Waals surface area contributed by atoms with Crippen LogP contribution in [0.15, 0.2) is 43.0 Å². The van der Waals surface area contributed by atoms with E-state index < -0.39 is 20.2 Å². The molecule has 0 radical (unpaired) electrons. The first-order valence-electron chi connectivity index (χ1n) is 9.58. The molecule has 2 aliphatic heterocycles. The van der Waals surface area contributed by atoms with Gasteiger partial charge in [-0.05, 0) is 29.8 Å². The van der Waals surface area contributed by atoms with Crippen molar-refractivity contribution in [1.82, 2.24) is 0 Å². The molecular weight excluding hydrogens is 360 g/mol. The second-order valence-corrected chi connectivity index (χ2v) is 13.7. The zero-order valence-electron chi connectivity index (χ0n) is 17.0. The minimum Gasteiger partial charge on any atom is -0.406 e. The van der Waals surface area contributed by atoms with Gasteiger partial charge in [0.1, 0.15) is 12.2 Å². The molecule has 2 saturated heterocycles. The minimum absolute atomic E-state index is 0.00891. The molecule has 2 fully saturated rings. The van der Waals surface area contributed by atoms with Crippen molar-refractivity contribution in [3.8, 4) is 0 Å². The van der Waals surface area contributed by atoms with E-state index in [0.29, 0.717) is 13.0 Å². The van der Waals surface area contributed by atoms with Crippen LogP contribution in [0.4, 0.5) is 0 Å². The smallest absolute Gasteiger partial charge is 0.213 e. The molecule has 1 aromatic carbocycles. The van der Waals surface area contributed by atoms with Crippen LogP contribution in [0.3, 0.4) is 0 Å². The van der Waals surface area contributed by atoms with Crippen LogP contribution in [-0.2, 0) is 25.2 Å². The predicted octanol–water partition coefficient (Wildman–Crippen LogP) is 3.98. The van der Waals surface area contributed by atoms with Crippen LogP contribution in [0.1, 0.15) is 32.8 Å². The van der Waals surface area contributed by atoms with Gasteiger partial charge in [-0.1, -0.05) is 57.7 Å². The molecule has 0 aromatic heterocycles. The zero-order chi connectivity index (χ0) is 19.9. The van der Waals surface area contributed by atoms with Crippen molar-refractivity contribution in [2.75, 3.05) is 0 Å². The monoisotopic (exact) mass is 392 g/mol. The number of ether oxygens (including phenoxy) is 3. The zero-order valence-corrected chi connectivity index (χ0v) is 18.0. The molecule has 0 amide bonds. The van der Waals surface area contributed by atoms with Gasteiger partial charge in [-0.2, -0.15) is 0 Å². The van der Waals surface area contributed by atoms with Gasteiger partial charge in [-0.3, -0.25) is 0 Å². The molecule has 1 N–H and O–H groups in total. The summed E-state index contributed by atoms with van der Waals surface area (Å²) in [4.78, 5) is 0. The number of fused-ring (bicyclic) bond motifs is 1. The molecule has 150 valence electrons. The Bertz CT molecular complexity index is 656. The van der Waals surface area contributed by atoms with Gasteiger partial charge in [-0.25, -0.2) is 0 Å². The summed E-state index contributed by atoms with van der Waals surface area (Å²) >= 11 is 0. The average molecular weight is 393 g/mol. The Hall–Kier alpha value is -1.02. The second kappa shape index (κ2) is 7.42. The lowest BCUT2D eigenvalue weighted by Crippen LogP contribution is -2.53. The Labute approximate surface area is 163 Å². The first-order chi connectivity index (χ1) is 12.6. The summed E-state index contributed by atoms with van der Waals surface area (Å²) in [5, 5.41) is 10.9. The van der Waals surface area contributed by atoms with E-state index in [0.717, 1.165) is 5.56 Å². The lowest BCUT2D eigenvalue weighted by molar-refractivity contribution is -0.214. The fourth-order valence-electron chi connectivity index (χ4n) is 3.25. The van der Waals surface area contributed by atoms with E-state index in [1.54, 1.807) is 0 Å². The van der Waals surface area contributed by atoms with Gasteiger partial charge in [0.25, 0.3) is 0 Å². The van der Waals surface area contributed by atoms with Crippen LogP contribution < -0.4 is 0 Å². The van der Waals surface area contributed by atoms with Gasteiger partial charge < -0.3 is 23.7 Å². The Morgan fingerprint density at radius 3 is 2.56 bits per heavy atom. The molecule has 1 aromatic rings. The molecule has 0 spiro atoms. The quantitative estimate of drug-likeness (QED) is 0.586. The molecule has 3 rings (SSSR count). The van der Waals surface area contributed by atoms with Gasteiger partial charge in [0.15, 0.2) is 14.6 Å². The minimum atomic E-state index is -2.14. The summed E-state index contributed by atoms with van der Waals surface area (Å²) in [6.45, 7) is 15.0. The first-order valence-corrected chi connectivity index (χ1v) is 12.5. The maximum Gasteiger partial charge on any atom is 0.213 e. The van der Waals surface area contributed by atoms with E-state index in [1.807, 2.05) is 30.3 Å². The Morgan fingerprint density at radius 2 is 1.96 bits per heavy atom. The fourth-order valence-corrected chi connectivity index (χ4v) is 4.54. The molecule has 2 aliphatic rings. The lowest BCUT2D eigenvalue weighted by atomic mass is 10.1. The van der Waals surface area contributed by atoms with E-state index in [2.05, 4.69) is 40.4 Å². The van der Waals surface area contributed by atoms with Gasteiger partial charge in [0.2, 0.25) is 5.79 Å². The molecule has 5 atom stereocenters. The molecule has 0 saturated carbocycles. The average Bonchev–Trinajstić information content (AvgIpc) is 3.09. The molecule has 27 heavy (non-hydrogen) atoms. The topological polar surface area (TPSA) is 57.2 Å². The molecule has 0 aliphatic carbocycles. The third kappa shape index (κ3) is 4.21. The molecule has 6 heteroatoms. The van der Waals surface area contributed by atoms with E-state index in [-0.39, 0.29) is 23.5 Å². The van der Waals surface area contributed by atoms with Crippen molar-refractivity contribution in [3.63, 3.8) is 0 Å². The van der Waals surface area contributed by atoms with Crippen molar-refractivity contribution in [3.05, 3.63) is 48.6 Å². The number of benzene rings is 1. The van der Waals surface area contributed by atoms with Crippen molar-refractivity contribution in [2.45, 2.75) is 82.3 Å². The highest BCUT2D eigenvalue weighted by Crippen LogP contribution is 2.46. The van der Waals surface area contributed by atoms with Crippen LogP contribution in [-0.4, -0.2) is 43.8 Å². The van der Waals surface area contributed by atoms with Crippen LogP contribution in [0.25, 0.3) is 0 Å². The van der Waals surface area contributed by atoms with Crippen LogP contribution in [0.5, 0.6) is 0 Å². The summed E-state index contributed by atoms with van der Waals surface area (Å²) in [5.41, 5.74) is 1.09. The fraction of sp³-hybridized carbons (Fsp3) is 0.619. The van der Waals surface area contributed by atoms with Crippen LogP contribution in [0, 0.1) is 0 Å². The second-order valence-electron chi connectivity index (χ2n) is 8.97. The molecular formula is C21H32O5Si. The van der Waals surface area contributed by atoms with Crippen LogP contribution >= 0.6 is 0 Å². The van der Waals surface area contributed by atoms with E-state index >= 15 is 0 Å². The lowest BCUT2D eigenvalue weighted by Gasteiger charge is -2.41. The largest absolute Gasteiger partial charge is 0.406 e. The first kappa shape index (κ1) is 20.7. The standard InChI is InChI=1S/C21H32O5Si/c1-7-21(22)19(26-27(5,6)20(2,3)4)18-16(25-21)13-17(24-18)23-14-15-11-9-8-10-12-15/h7-12,16-19,22H,1,13-14H2,2-6H3/t16-,17?,18+,19-,21?/m1/s1. The van der Waals surface area contributed by atoms with Gasteiger partial charge in [0, 0.05) is 6.42 Å². The summed E-state index contributed by atoms with van der Waals surface area (Å²) in [6.07, 6.45) is 0.356. The summed E-state index contributed by atoms with van der Waals surface area (Å²) < 4.78 is 24.4. The highest BCUT2D eigenvalue weighted by atomic mass is 28.4. The molecule has 0 bridgehead atoms. The number of hydrogen-bond donors (Lipinski definition) is 1. The van der Waals surface area contributed by atoms with Crippen molar-refractivity contribution in [1.29, 1.82) is 0 Å². The number of rotatable bonds is 6. The maximum absolute atomic E-state index is 10.9.